The average molecular weight is 573 g/mol. The normalized spacial score (nSPS) is 19.8. The number of amides is 3. The van der Waals surface area contributed by atoms with Gasteiger partial charge in [-0.25, -0.2) is 4.79 Å². The molecule has 2 heterocycles. The van der Waals surface area contributed by atoms with Crippen molar-refractivity contribution in [2.45, 2.75) is 63.3 Å². The molecule has 0 aromatic heterocycles. The lowest BCUT2D eigenvalue weighted by Gasteiger charge is -2.43. The van der Waals surface area contributed by atoms with Crippen LogP contribution in [0, 0.1) is 5.92 Å². The molecule has 2 aromatic carbocycles. The summed E-state index contributed by atoms with van der Waals surface area (Å²) in [5.74, 6) is -0.569. The number of piperidine rings is 1. The second kappa shape index (κ2) is 11.8. The van der Waals surface area contributed by atoms with Crippen LogP contribution in [0.5, 0.6) is 0 Å². The fourth-order valence-corrected chi connectivity index (χ4v) is 7.00. The number of carbonyl (C=O) groups is 3. The van der Waals surface area contributed by atoms with E-state index in [1.165, 1.54) is 11.3 Å². The van der Waals surface area contributed by atoms with Gasteiger partial charge in [0.15, 0.2) is 0 Å². The summed E-state index contributed by atoms with van der Waals surface area (Å²) in [6, 6.07) is 12.8. The molecule has 3 aliphatic rings. The van der Waals surface area contributed by atoms with Gasteiger partial charge in [-0.2, -0.15) is 0 Å². The van der Waals surface area contributed by atoms with Gasteiger partial charge in [-0.05, 0) is 73.4 Å². The predicted molar refractivity (Wildman–Crippen MR) is 153 cm³/mol. The van der Waals surface area contributed by atoms with E-state index in [1.807, 2.05) is 30.3 Å². The zero-order valence-corrected chi connectivity index (χ0v) is 23.6. The van der Waals surface area contributed by atoms with Crippen molar-refractivity contribution in [1.29, 1.82) is 0 Å². The lowest BCUT2D eigenvalue weighted by Crippen LogP contribution is -2.57. The molecule has 2 saturated heterocycles. The Morgan fingerprint density at radius 3 is 2.44 bits per heavy atom. The van der Waals surface area contributed by atoms with Crippen LogP contribution in [0.2, 0.25) is 10.0 Å². The molecule has 3 amide bonds. The molecule has 39 heavy (non-hydrogen) atoms. The number of hydrogen-bond acceptors (Lipinski definition) is 4. The molecule has 7 nitrogen and oxygen atoms in total. The van der Waals surface area contributed by atoms with Crippen LogP contribution in [0.15, 0.2) is 42.5 Å². The zero-order chi connectivity index (χ0) is 27.6. The Hall–Kier alpha value is -2.77. The molecule has 0 atom stereocenters. The summed E-state index contributed by atoms with van der Waals surface area (Å²) in [6.07, 6.45) is 7.20. The van der Waals surface area contributed by atoms with E-state index in [0.29, 0.717) is 61.4 Å². The molecule has 1 saturated carbocycles. The van der Waals surface area contributed by atoms with E-state index >= 15 is 0 Å². The summed E-state index contributed by atoms with van der Waals surface area (Å²) in [5.41, 5.74) is 1.71. The number of rotatable bonds is 8. The summed E-state index contributed by atoms with van der Waals surface area (Å²) in [6.45, 7) is 2.11. The van der Waals surface area contributed by atoms with Crippen molar-refractivity contribution in [3.05, 3.63) is 63.6 Å². The van der Waals surface area contributed by atoms with Crippen LogP contribution < -0.4 is 4.90 Å². The maximum absolute atomic E-state index is 14.1. The standard InChI is InChI=1S/C30H35Cl2N3O4/c31-24-10-9-23(26(32)19-24)11-14-35-29(39)34(20-21-5-2-1-3-6-21)28(38)30(35)12-15-33(16-13-30)25-8-4-7-22(17-25)18-27(36)37/h4,7-10,17,19,21H,1-3,5-6,11-16,18,20H2,(H,36,37). The molecule has 9 heteroatoms. The molecule has 0 radical (unpaired) electrons. The van der Waals surface area contributed by atoms with E-state index in [2.05, 4.69) is 4.90 Å². The minimum Gasteiger partial charge on any atom is -0.481 e. The molecule has 0 bridgehead atoms. The van der Waals surface area contributed by atoms with E-state index in [9.17, 15) is 19.5 Å². The first-order valence-corrected chi connectivity index (χ1v) is 14.7. The van der Waals surface area contributed by atoms with Crippen molar-refractivity contribution in [2.75, 3.05) is 31.1 Å². The number of halogens is 2. The SMILES string of the molecule is O=C(O)Cc1cccc(N2CCC3(CC2)C(=O)N(CC2CCCCC2)C(=O)N3CCc2ccc(Cl)cc2Cl)c1. The Morgan fingerprint density at radius 1 is 1.00 bits per heavy atom. The number of imide groups is 1. The number of carboxylic acid groups (broad SMARTS) is 1. The molecule has 3 fully saturated rings. The average Bonchev–Trinajstić information content (AvgIpc) is 3.10. The molecule has 2 aliphatic heterocycles. The highest BCUT2D eigenvalue weighted by molar-refractivity contribution is 6.35. The van der Waals surface area contributed by atoms with Crippen LogP contribution in [0.4, 0.5) is 10.5 Å². The maximum Gasteiger partial charge on any atom is 0.327 e. The van der Waals surface area contributed by atoms with Crippen LogP contribution >= 0.6 is 23.2 Å². The molecule has 1 N–H and O–H groups in total. The van der Waals surface area contributed by atoms with Gasteiger partial charge in [0.1, 0.15) is 5.54 Å². The third kappa shape index (κ3) is 5.90. The topological polar surface area (TPSA) is 81.2 Å². The van der Waals surface area contributed by atoms with Gasteiger partial charge in [-0.15, -0.1) is 0 Å². The molecule has 1 aliphatic carbocycles. The lowest BCUT2D eigenvalue weighted by molar-refractivity contribution is -0.136. The third-order valence-corrected chi connectivity index (χ3v) is 9.22. The number of nitrogens with zero attached hydrogens (tertiary/aromatic N) is 3. The Balaban J connectivity index is 1.36. The molecule has 5 rings (SSSR count). The Labute approximate surface area is 239 Å². The molecule has 0 unspecified atom stereocenters. The van der Waals surface area contributed by atoms with Crippen molar-refractivity contribution < 1.29 is 19.5 Å². The molecular formula is C30H35Cl2N3O4. The summed E-state index contributed by atoms with van der Waals surface area (Å²) in [7, 11) is 0. The van der Waals surface area contributed by atoms with Gasteiger partial charge in [0.2, 0.25) is 0 Å². The highest BCUT2D eigenvalue weighted by Gasteiger charge is 2.58. The molecule has 1 spiro atoms. The largest absolute Gasteiger partial charge is 0.481 e. The Bertz CT molecular complexity index is 1240. The zero-order valence-electron chi connectivity index (χ0n) is 22.1. The van der Waals surface area contributed by atoms with Crippen molar-refractivity contribution in [2.24, 2.45) is 5.92 Å². The second-order valence-corrected chi connectivity index (χ2v) is 11.9. The van der Waals surface area contributed by atoms with Crippen LogP contribution in [0.25, 0.3) is 0 Å². The first kappa shape index (κ1) is 27.8. The summed E-state index contributed by atoms with van der Waals surface area (Å²) < 4.78 is 0. The van der Waals surface area contributed by atoms with Crippen LogP contribution in [0.1, 0.15) is 56.1 Å². The number of carbonyl (C=O) groups excluding carboxylic acids is 2. The van der Waals surface area contributed by atoms with E-state index in [-0.39, 0.29) is 18.4 Å². The Kier molecular flexibility index (Phi) is 8.38. The van der Waals surface area contributed by atoms with Crippen molar-refractivity contribution >= 4 is 46.8 Å². The van der Waals surface area contributed by atoms with Gasteiger partial charge >= 0.3 is 12.0 Å². The van der Waals surface area contributed by atoms with Gasteiger partial charge in [0, 0.05) is 41.9 Å². The minimum atomic E-state index is -0.875. The number of urea groups is 1. The minimum absolute atomic E-state index is 0.0320. The van der Waals surface area contributed by atoms with Crippen molar-refractivity contribution in [3.63, 3.8) is 0 Å². The monoisotopic (exact) mass is 571 g/mol. The van der Waals surface area contributed by atoms with Crippen molar-refractivity contribution in [3.8, 4) is 0 Å². The maximum atomic E-state index is 14.1. The molecule has 208 valence electrons. The quantitative estimate of drug-likeness (QED) is 0.390. The van der Waals surface area contributed by atoms with Crippen LogP contribution in [-0.4, -0.2) is 64.5 Å². The third-order valence-electron chi connectivity index (χ3n) is 8.63. The van der Waals surface area contributed by atoms with Gasteiger partial charge in [0.05, 0.1) is 6.42 Å². The lowest BCUT2D eigenvalue weighted by atomic mass is 9.84. The van der Waals surface area contributed by atoms with E-state index in [1.54, 1.807) is 17.0 Å². The predicted octanol–water partition coefficient (Wildman–Crippen LogP) is 6.05. The summed E-state index contributed by atoms with van der Waals surface area (Å²) in [5, 5.41) is 10.3. The number of hydrogen-bond donors (Lipinski definition) is 1. The number of aliphatic carboxylic acids is 1. The van der Waals surface area contributed by atoms with Gasteiger partial charge in [0.25, 0.3) is 5.91 Å². The number of anilines is 1. The molecule has 2 aromatic rings. The number of benzene rings is 2. The molecular weight excluding hydrogens is 537 g/mol. The first-order valence-electron chi connectivity index (χ1n) is 13.9. The van der Waals surface area contributed by atoms with Crippen LogP contribution in [0.3, 0.4) is 0 Å². The van der Waals surface area contributed by atoms with E-state index in [0.717, 1.165) is 42.5 Å². The highest BCUT2D eigenvalue weighted by Crippen LogP contribution is 2.40. The van der Waals surface area contributed by atoms with Crippen molar-refractivity contribution in [1.82, 2.24) is 9.80 Å². The van der Waals surface area contributed by atoms with E-state index < -0.39 is 11.5 Å². The smallest absolute Gasteiger partial charge is 0.327 e. The number of carboxylic acids is 1. The highest BCUT2D eigenvalue weighted by atomic mass is 35.5. The fraction of sp³-hybridized carbons (Fsp3) is 0.500. The van der Waals surface area contributed by atoms with Crippen LogP contribution in [-0.2, 0) is 22.4 Å². The summed E-state index contributed by atoms with van der Waals surface area (Å²) >= 11 is 12.5. The Morgan fingerprint density at radius 2 is 1.74 bits per heavy atom. The second-order valence-electron chi connectivity index (χ2n) is 11.1. The van der Waals surface area contributed by atoms with Gasteiger partial charge in [-0.1, -0.05) is 60.7 Å². The van der Waals surface area contributed by atoms with E-state index in [4.69, 9.17) is 23.2 Å². The van der Waals surface area contributed by atoms with Gasteiger partial charge < -0.3 is 14.9 Å². The fourth-order valence-electron chi connectivity index (χ4n) is 6.49. The van der Waals surface area contributed by atoms with Gasteiger partial charge in [-0.3, -0.25) is 14.5 Å². The first-order chi connectivity index (χ1) is 18.8. The summed E-state index contributed by atoms with van der Waals surface area (Å²) in [4.78, 5) is 44.6.